The van der Waals surface area contributed by atoms with E-state index in [0.717, 1.165) is 0 Å². The fraction of sp³-hybridized carbons (Fsp3) is 0.0435. The molecule has 0 aliphatic heterocycles. The minimum Gasteiger partial charge on any atom is -0.496 e. The highest BCUT2D eigenvalue weighted by atomic mass is 19.1. The maximum atomic E-state index is 13.0. The van der Waals surface area contributed by atoms with Crippen LogP contribution < -0.4 is 9.47 Å². The third-order valence-electron chi connectivity index (χ3n) is 3.98. The van der Waals surface area contributed by atoms with E-state index in [2.05, 4.69) is 6.07 Å². The standard InChI is InChI=1S/C23H16FNO3/c1-27-22-8-3-2-7-21(22)18(15-25)13-16-5-4-6-20(14-16)28-23(26)17-9-11-19(24)12-10-17/h2-14H,1H3/b18-13-. The van der Waals surface area contributed by atoms with E-state index in [-0.39, 0.29) is 5.56 Å². The molecule has 138 valence electrons. The highest BCUT2D eigenvalue weighted by Gasteiger charge is 2.10. The quantitative estimate of drug-likeness (QED) is 0.270. The van der Waals surface area contributed by atoms with Crippen LogP contribution >= 0.6 is 0 Å². The predicted octanol–water partition coefficient (Wildman–Crippen LogP) is 5.12. The molecule has 28 heavy (non-hydrogen) atoms. The van der Waals surface area contributed by atoms with Gasteiger partial charge < -0.3 is 9.47 Å². The second-order valence-corrected chi connectivity index (χ2v) is 5.84. The van der Waals surface area contributed by atoms with Crippen LogP contribution in [0.25, 0.3) is 11.6 Å². The Kier molecular flexibility index (Phi) is 5.83. The Morgan fingerprint density at radius 1 is 1.04 bits per heavy atom. The van der Waals surface area contributed by atoms with Gasteiger partial charge in [0.25, 0.3) is 0 Å². The van der Waals surface area contributed by atoms with Crippen LogP contribution in [-0.4, -0.2) is 13.1 Å². The van der Waals surface area contributed by atoms with Gasteiger partial charge in [-0.1, -0.05) is 24.3 Å². The third kappa shape index (κ3) is 4.43. The van der Waals surface area contributed by atoms with E-state index in [9.17, 15) is 14.4 Å². The summed E-state index contributed by atoms with van der Waals surface area (Å²) in [5, 5.41) is 9.56. The molecule has 0 unspecified atom stereocenters. The number of methoxy groups -OCH3 is 1. The van der Waals surface area contributed by atoms with Gasteiger partial charge in [0.2, 0.25) is 0 Å². The number of hydrogen-bond donors (Lipinski definition) is 0. The summed E-state index contributed by atoms with van der Waals surface area (Å²) in [4.78, 5) is 12.2. The summed E-state index contributed by atoms with van der Waals surface area (Å²) in [5.41, 5.74) is 2.02. The summed E-state index contributed by atoms with van der Waals surface area (Å²) >= 11 is 0. The van der Waals surface area contributed by atoms with Crippen molar-refractivity contribution in [3.8, 4) is 17.6 Å². The number of nitriles is 1. The Labute approximate surface area is 162 Å². The van der Waals surface area contributed by atoms with Gasteiger partial charge in [0.05, 0.1) is 24.3 Å². The average Bonchev–Trinajstić information content (AvgIpc) is 2.72. The van der Waals surface area contributed by atoms with Crippen molar-refractivity contribution in [1.29, 1.82) is 5.26 Å². The van der Waals surface area contributed by atoms with Crippen LogP contribution in [0.4, 0.5) is 4.39 Å². The molecule has 0 radical (unpaired) electrons. The van der Waals surface area contributed by atoms with Crippen molar-refractivity contribution in [3.63, 3.8) is 0 Å². The smallest absolute Gasteiger partial charge is 0.343 e. The first-order valence-corrected chi connectivity index (χ1v) is 8.43. The number of para-hydroxylation sites is 1. The van der Waals surface area contributed by atoms with E-state index in [0.29, 0.717) is 28.2 Å². The minimum atomic E-state index is -0.591. The molecule has 0 N–H and O–H groups in total. The molecule has 0 saturated heterocycles. The van der Waals surface area contributed by atoms with E-state index in [1.807, 2.05) is 12.1 Å². The van der Waals surface area contributed by atoms with E-state index < -0.39 is 11.8 Å². The molecule has 0 spiro atoms. The van der Waals surface area contributed by atoms with Crippen LogP contribution in [0.15, 0.2) is 72.8 Å². The lowest BCUT2D eigenvalue weighted by atomic mass is 10.0. The van der Waals surface area contributed by atoms with E-state index in [1.165, 1.54) is 24.3 Å². The molecule has 0 bridgehead atoms. The van der Waals surface area contributed by atoms with Crippen LogP contribution in [0.2, 0.25) is 0 Å². The number of allylic oxidation sites excluding steroid dienone is 1. The summed E-state index contributed by atoms with van der Waals surface area (Å²) in [6, 6.07) is 21.3. The Balaban J connectivity index is 1.86. The van der Waals surface area contributed by atoms with Crippen LogP contribution in [-0.2, 0) is 0 Å². The number of esters is 1. The van der Waals surface area contributed by atoms with Gasteiger partial charge in [-0.15, -0.1) is 0 Å². The van der Waals surface area contributed by atoms with Gasteiger partial charge in [-0.25, -0.2) is 9.18 Å². The maximum absolute atomic E-state index is 13.0. The van der Waals surface area contributed by atoms with Crippen LogP contribution in [0.5, 0.6) is 11.5 Å². The highest BCUT2D eigenvalue weighted by molar-refractivity contribution is 5.93. The molecule has 0 heterocycles. The first-order chi connectivity index (χ1) is 13.6. The molecule has 5 heteroatoms. The van der Waals surface area contributed by atoms with Crippen molar-refractivity contribution < 1.29 is 18.7 Å². The van der Waals surface area contributed by atoms with Gasteiger partial charge in [-0.3, -0.25) is 0 Å². The molecule has 0 amide bonds. The summed E-state index contributed by atoms with van der Waals surface area (Å²) in [6.45, 7) is 0. The number of benzene rings is 3. The maximum Gasteiger partial charge on any atom is 0.343 e. The number of nitrogens with zero attached hydrogens (tertiary/aromatic N) is 1. The first kappa shape index (κ1) is 18.9. The molecular weight excluding hydrogens is 357 g/mol. The molecule has 0 atom stereocenters. The average molecular weight is 373 g/mol. The van der Waals surface area contributed by atoms with Gasteiger partial charge in [-0.05, 0) is 60.2 Å². The second-order valence-electron chi connectivity index (χ2n) is 5.84. The van der Waals surface area contributed by atoms with E-state index in [4.69, 9.17) is 9.47 Å². The molecular formula is C23H16FNO3. The number of halogens is 1. The van der Waals surface area contributed by atoms with Crippen molar-refractivity contribution in [1.82, 2.24) is 0 Å². The molecule has 3 aromatic rings. The lowest BCUT2D eigenvalue weighted by Gasteiger charge is -2.08. The molecule has 3 rings (SSSR count). The van der Waals surface area contributed by atoms with Crippen LogP contribution in [0, 0.1) is 17.1 Å². The second kappa shape index (κ2) is 8.65. The lowest BCUT2D eigenvalue weighted by Crippen LogP contribution is -2.08. The predicted molar refractivity (Wildman–Crippen MR) is 104 cm³/mol. The van der Waals surface area contributed by atoms with Gasteiger partial charge >= 0.3 is 5.97 Å². The Bertz CT molecular complexity index is 1070. The first-order valence-electron chi connectivity index (χ1n) is 8.43. The van der Waals surface area contributed by atoms with Crippen LogP contribution in [0.1, 0.15) is 21.5 Å². The Hall–Kier alpha value is -3.91. The zero-order valence-corrected chi connectivity index (χ0v) is 15.1. The number of carbonyl (C=O) groups is 1. The topological polar surface area (TPSA) is 59.3 Å². The highest BCUT2D eigenvalue weighted by Crippen LogP contribution is 2.27. The molecule has 0 aliphatic rings. The zero-order chi connectivity index (χ0) is 19.9. The molecule has 0 saturated carbocycles. The third-order valence-corrected chi connectivity index (χ3v) is 3.98. The fourth-order valence-electron chi connectivity index (χ4n) is 2.62. The molecule has 4 nitrogen and oxygen atoms in total. The number of carbonyl (C=O) groups excluding carboxylic acids is 1. The number of ether oxygens (including phenoxy) is 2. The van der Waals surface area contributed by atoms with Crippen molar-refractivity contribution in [2.45, 2.75) is 0 Å². The lowest BCUT2D eigenvalue weighted by molar-refractivity contribution is 0.0734. The molecule has 3 aromatic carbocycles. The summed E-state index contributed by atoms with van der Waals surface area (Å²) in [7, 11) is 1.54. The van der Waals surface area contributed by atoms with E-state index in [1.54, 1.807) is 49.6 Å². The van der Waals surface area contributed by atoms with Crippen molar-refractivity contribution in [2.75, 3.05) is 7.11 Å². The molecule has 0 aromatic heterocycles. The minimum absolute atomic E-state index is 0.245. The fourth-order valence-corrected chi connectivity index (χ4v) is 2.62. The van der Waals surface area contributed by atoms with Gasteiger partial charge in [-0.2, -0.15) is 5.26 Å². The van der Waals surface area contributed by atoms with Crippen molar-refractivity contribution >= 4 is 17.6 Å². The normalized spacial score (nSPS) is 10.8. The monoisotopic (exact) mass is 373 g/mol. The SMILES string of the molecule is COc1ccccc1/C(C#N)=C\c1cccc(OC(=O)c2ccc(F)cc2)c1. The molecule has 0 aliphatic carbocycles. The summed E-state index contributed by atoms with van der Waals surface area (Å²) < 4.78 is 23.6. The van der Waals surface area contributed by atoms with Crippen molar-refractivity contribution in [2.24, 2.45) is 0 Å². The van der Waals surface area contributed by atoms with Crippen LogP contribution in [0.3, 0.4) is 0 Å². The van der Waals surface area contributed by atoms with Crippen molar-refractivity contribution in [3.05, 3.63) is 95.3 Å². The Morgan fingerprint density at radius 3 is 2.50 bits per heavy atom. The Morgan fingerprint density at radius 2 is 1.79 bits per heavy atom. The van der Waals surface area contributed by atoms with Gasteiger partial charge in [0, 0.05) is 5.56 Å². The van der Waals surface area contributed by atoms with Gasteiger partial charge in [0.15, 0.2) is 0 Å². The summed E-state index contributed by atoms with van der Waals surface area (Å²) in [6.07, 6.45) is 1.69. The zero-order valence-electron chi connectivity index (χ0n) is 15.1. The summed E-state index contributed by atoms with van der Waals surface area (Å²) in [5.74, 6) is -0.106. The largest absolute Gasteiger partial charge is 0.496 e. The number of rotatable bonds is 5. The van der Waals surface area contributed by atoms with Gasteiger partial charge in [0.1, 0.15) is 17.3 Å². The molecule has 0 fully saturated rings. The number of hydrogen-bond acceptors (Lipinski definition) is 4. The van der Waals surface area contributed by atoms with E-state index >= 15 is 0 Å².